The van der Waals surface area contributed by atoms with Gasteiger partial charge in [-0.1, -0.05) is 24.3 Å². The molecule has 0 aliphatic heterocycles. The zero-order valence-electron chi connectivity index (χ0n) is 17.3. The van der Waals surface area contributed by atoms with E-state index in [-0.39, 0.29) is 23.6 Å². The number of fused-ring (bicyclic) bond motifs is 1. The second-order valence-electron chi connectivity index (χ2n) is 7.07. The highest BCUT2D eigenvalue weighted by Gasteiger charge is 2.20. The van der Waals surface area contributed by atoms with E-state index in [2.05, 4.69) is 10.3 Å². The van der Waals surface area contributed by atoms with Gasteiger partial charge in [0.1, 0.15) is 10.6 Å². The fraction of sp³-hybridized carbons (Fsp3) is 0.130. The first kappa shape index (κ1) is 21.3. The minimum Gasteiger partial charge on any atom is -0.495 e. The summed E-state index contributed by atoms with van der Waals surface area (Å²) < 4.78 is 6.68. The molecule has 0 unspecified atom stereocenters. The molecule has 9 heteroatoms. The highest BCUT2D eigenvalue weighted by atomic mass is 32.1. The number of carbonyl (C=O) groups is 2. The third-order valence-electron chi connectivity index (χ3n) is 5.01. The molecule has 162 valence electrons. The Morgan fingerprint density at radius 1 is 1.19 bits per heavy atom. The standard InChI is InChI=1S/C23H19N3O5S/c1-13-18-21(32-19(13)20(27)25-16-8-3-4-9-17(16)31-2)24-12-26(22(18)28)11-14-6-5-7-15(10-14)23(29)30/h3-10,12H,11H2,1-2H3,(H,25,27)(H,29,30). The zero-order chi connectivity index (χ0) is 22.8. The number of carboxylic acids is 1. The summed E-state index contributed by atoms with van der Waals surface area (Å²) in [4.78, 5) is 42.5. The Kier molecular flexibility index (Phi) is 5.74. The molecule has 0 saturated carbocycles. The first-order valence-electron chi connectivity index (χ1n) is 9.64. The molecule has 0 aliphatic rings. The first-order valence-corrected chi connectivity index (χ1v) is 10.5. The van der Waals surface area contributed by atoms with Crippen LogP contribution in [0.2, 0.25) is 0 Å². The third-order valence-corrected chi connectivity index (χ3v) is 6.20. The van der Waals surface area contributed by atoms with Crippen LogP contribution in [0.5, 0.6) is 5.75 Å². The van der Waals surface area contributed by atoms with Crippen molar-refractivity contribution < 1.29 is 19.4 Å². The van der Waals surface area contributed by atoms with E-state index in [0.717, 1.165) is 11.3 Å². The van der Waals surface area contributed by atoms with Gasteiger partial charge in [-0.3, -0.25) is 14.2 Å². The molecule has 0 saturated heterocycles. The molecule has 4 aromatic rings. The van der Waals surface area contributed by atoms with Crippen molar-refractivity contribution in [2.24, 2.45) is 0 Å². The van der Waals surface area contributed by atoms with Gasteiger partial charge < -0.3 is 15.2 Å². The molecular weight excluding hydrogens is 430 g/mol. The zero-order valence-corrected chi connectivity index (χ0v) is 18.1. The van der Waals surface area contributed by atoms with Gasteiger partial charge >= 0.3 is 5.97 Å². The predicted molar refractivity (Wildman–Crippen MR) is 122 cm³/mol. The number of carbonyl (C=O) groups excluding carboxylic acids is 1. The molecule has 0 radical (unpaired) electrons. The second kappa shape index (κ2) is 8.64. The average molecular weight is 449 g/mol. The van der Waals surface area contributed by atoms with Crippen molar-refractivity contribution in [3.63, 3.8) is 0 Å². The van der Waals surface area contributed by atoms with Crippen molar-refractivity contribution in [2.45, 2.75) is 13.5 Å². The summed E-state index contributed by atoms with van der Waals surface area (Å²) in [6, 6.07) is 13.5. The number of thiophene rings is 1. The van der Waals surface area contributed by atoms with Crippen LogP contribution in [0.15, 0.2) is 59.7 Å². The summed E-state index contributed by atoms with van der Waals surface area (Å²) in [5.41, 5.74) is 1.59. The minimum atomic E-state index is -1.04. The monoisotopic (exact) mass is 449 g/mol. The molecule has 0 bridgehead atoms. The molecule has 2 N–H and O–H groups in total. The number of aromatic nitrogens is 2. The number of rotatable bonds is 6. The lowest BCUT2D eigenvalue weighted by atomic mass is 10.1. The molecule has 0 aliphatic carbocycles. The van der Waals surface area contributed by atoms with Gasteiger partial charge in [-0.2, -0.15) is 0 Å². The van der Waals surface area contributed by atoms with Gasteiger partial charge in [0.05, 0.1) is 41.5 Å². The van der Waals surface area contributed by atoms with Crippen molar-refractivity contribution in [1.29, 1.82) is 0 Å². The normalized spacial score (nSPS) is 10.8. The molecule has 2 aromatic heterocycles. The number of methoxy groups -OCH3 is 1. The number of nitrogens with one attached hydrogen (secondary N) is 1. The van der Waals surface area contributed by atoms with Crippen molar-refractivity contribution in [2.75, 3.05) is 12.4 Å². The maximum absolute atomic E-state index is 13.1. The smallest absolute Gasteiger partial charge is 0.335 e. The van der Waals surface area contributed by atoms with Crippen LogP contribution in [0.4, 0.5) is 5.69 Å². The van der Waals surface area contributed by atoms with Gasteiger partial charge in [0.15, 0.2) is 0 Å². The van der Waals surface area contributed by atoms with E-state index in [1.165, 1.54) is 30.1 Å². The van der Waals surface area contributed by atoms with Crippen LogP contribution in [0, 0.1) is 6.92 Å². The van der Waals surface area contributed by atoms with Gasteiger partial charge in [-0.05, 0) is 42.3 Å². The number of hydrogen-bond donors (Lipinski definition) is 2. The van der Waals surface area contributed by atoms with Crippen molar-refractivity contribution in [3.8, 4) is 5.75 Å². The van der Waals surface area contributed by atoms with Gasteiger partial charge in [-0.15, -0.1) is 11.3 Å². The molecule has 0 spiro atoms. The van der Waals surface area contributed by atoms with E-state index < -0.39 is 5.97 Å². The summed E-state index contributed by atoms with van der Waals surface area (Å²) in [6.45, 7) is 1.88. The molecule has 0 fully saturated rings. The van der Waals surface area contributed by atoms with E-state index in [9.17, 15) is 19.5 Å². The first-order chi connectivity index (χ1) is 15.4. The highest BCUT2D eigenvalue weighted by molar-refractivity contribution is 7.20. The lowest BCUT2D eigenvalue weighted by molar-refractivity contribution is 0.0696. The molecule has 2 heterocycles. The fourth-order valence-corrected chi connectivity index (χ4v) is 4.45. The number of para-hydroxylation sites is 2. The van der Waals surface area contributed by atoms with E-state index in [0.29, 0.717) is 37.7 Å². The average Bonchev–Trinajstić information content (AvgIpc) is 3.13. The predicted octanol–water partition coefficient (Wildman–Crippen LogP) is 3.77. The number of carboxylic acid groups (broad SMARTS) is 1. The van der Waals surface area contributed by atoms with Crippen LogP contribution >= 0.6 is 11.3 Å². The number of hydrogen-bond acceptors (Lipinski definition) is 6. The Morgan fingerprint density at radius 2 is 1.97 bits per heavy atom. The van der Waals surface area contributed by atoms with Gasteiger partial charge in [0.2, 0.25) is 0 Å². The lowest BCUT2D eigenvalue weighted by Gasteiger charge is -2.09. The Labute approximate surface area is 186 Å². The Morgan fingerprint density at radius 3 is 2.72 bits per heavy atom. The Bertz CT molecular complexity index is 1410. The van der Waals surface area contributed by atoms with E-state index in [4.69, 9.17) is 4.74 Å². The number of aromatic carboxylic acids is 1. The highest BCUT2D eigenvalue weighted by Crippen LogP contribution is 2.29. The topological polar surface area (TPSA) is 111 Å². The number of aryl methyl sites for hydroxylation is 1. The number of nitrogens with zero attached hydrogens (tertiary/aromatic N) is 2. The van der Waals surface area contributed by atoms with Crippen molar-refractivity contribution in [1.82, 2.24) is 9.55 Å². The molecule has 32 heavy (non-hydrogen) atoms. The number of ether oxygens (including phenoxy) is 1. The molecule has 1 amide bonds. The number of amides is 1. The maximum Gasteiger partial charge on any atom is 0.335 e. The van der Waals surface area contributed by atoms with E-state index >= 15 is 0 Å². The molecule has 4 rings (SSSR count). The van der Waals surface area contributed by atoms with Crippen LogP contribution in [0.25, 0.3) is 10.2 Å². The largest absolute Gasteiger partial charge is 0.495 e. The van der Waals surface area contributed by atoms with Crippen molar-refractivity contribution in [3.05, 3.63) is 86.8 Å². The summed E-state index contributed by atoms with van der Waals surface area (Å²) in [6.07, 6.45) is 1.41. The van der Waals surface area contributed by atoms with E-state index in [1.54, 1.807) is 43.3 Å². The third kappa shape index (κ3) is 3.97. The van der Waals surface area contributed by atoms with Crippen LogP contribution in [0.3, 0.4) is 0 Å². The number of anilines is 1. The molecular formula is C23H19N3O5S. The fourth-order valence-electron chi connectivity index (χ4n) is 3.41. The molecule has 8 nitrogen and oxygen atoms in total. The Hall–Kier alpha value is -3.98. The minimum absolute atomic E-state index is 0.145. The maximum atomic E-state index is 13.1. The van der Waals surface area contributed by atoms with E-state index in [1.807, 2.05) is 0 Å². The van der Waals surface area contributed by atoms with Crippen molar-refractivity contribution >= 4 is 39.1 Å². The van der Waals surface area contributed by atoms with Crippen LogP contribution in [-0.2, 0) is 6.54 Å². The van der Waals surface area contributed by atoms with Crippen LogP contribution in [-0.4, -0.2) is 33.6 Å². The van der Waals surface area contributed by atoms with Crippen LogP contribution < -0.4 is 15.6 Å². The summed E-state index contributed by atoms with van der Waals surface area (Å²) >= 11 is 1.15. The summed E-state index contributed by atoms with van der Waals surface area (Å²) in [5.74, 6) is -0.856. The lowest BCUT2D eigenvalue weighted by Crippen LogP contribution is -2.21. The summed E-state index contributed by atoms with van der Waals surface area (Å²) in [7, 11) is 1.52. The van der Waals surface area contributed by atoms with Gasteiger partial charge in [0.25, 0.3) is 11.5 Å². The second-order valence-corrected chi connectivity index (χ2v) is 8.07. The quantitative estimate of drug-likeness (QED) is 0.464. The number of benzene rings is 2. The van der Waals surface area contributed by atoms with Gasteiger partial charge in [-0.25, -0.2) is 9.78 Å². The molecule has 0 atom stereocenters. The molecule has 2 aromatic carbocycles. The Balaban J connectivity index is 1.68. The van der Waals surface area contributed by atoms with Gasteiger partial charge in [0, 0.05) is 0 Å². The SMILES string of the molecule is COc1ccccc1NC(=O)c1sc2ncn(Cc3cccc(C(=O)O)c3)c(=O)c2c1C. The summed E-state index contributed by atoms with van der Waals surface area (Å²) in [5, 5.41) is 12.4. The van der Waals surface area contributed by atoms with Crippen LogP contribution in [0.1, 0.15) is 31.2 Å².